The Kier molecular flexibility index (Phi) is 4.89. The zero-order valence-corrected chi connectivity index (χ0v) is 21.8. The standard InChI is InChI=1S/C33H26N2OS/c1-33(2,3)32-34-30-24(17-18-27-31(30)35(32)25-11-7-8-12-26(25)36-27)21-13-15-23(16-14-21)29-20-19-28(37-29)22-9-5-4-6-10-22/h4-20H,1-3H3. The number of thiophene rings is 1. The molecule has 3 nitrogen and oxygen atoms in total. The summed E-state index contributed by atoms with van der Waals surface area (Å²) in [6.45, 7) is 6.65. The van der Waals surface area contributed by atoms with E-state index in [0.717, 1.165) is 45.2 Å². The van der Waals surface area contributed by atoms with Gasteiger partial charge in [0.1, 0.15) is 16.9 Å². The molecule has 0 radical (unpaired) electrons. The first kappa shape index (κ1) is 22.1. The van der Waals surface area contributed by atoms with Crippen molar-refractivity contribution in [1.82, 2.24) is 9.55 Å². The van der Waals surface area contributed by atoms with Crippen molar-refractivity contribution in [3.8, 4) is 49.2 Å². The van der Waals surface area contributed by atoms with Crippen LogP contribution in [0.4, 0.5) is 0 Å². The van der Waals surface area contributed by atoms with Crippen LogP contribution in [0.2, 0.25) is 0 Å². The molecule has 0 amide bonds. The maximum absolute atomic E-state index is 6.32. The zero-order chi connectivity index (χ0) is 25.1. The summed E-state index contributed by atoms with van der Waals surface area (Å²) in [5.74, 6) is 2.75. The van der Waals surface area contributed by atoms with E-state index in [4.69, 9.17) is 9.72 Å². The topological polar surface area (TPSA) is 27.1 Å². The number of hydrogen-bond donors (Lipinski definition) is 0. The Bertz CT molecular complexity index is 1770. The van der Waals surface area contributed by atoms with Crippen molar-refractivity contribution in [3.05, 3.63) is 109 Å². The van der Waals surface area contributed by atoms with Gasteiger partial charge in [0.25, 0.3) is 0 Å². The lowest BCUT2D eigenvalue weighted by atomic mass is 9.95. The predicted molar refractivity (Wildman–Crippen MR) is 154 cm³/mol. The molecule has 7 rings (SSSR count). The molecule has 2 aromatic heterocycles. The second-order valence-corrected chi connectivity index (χ2v) is 11.6. The molecule has 4 heteroatoms. The summed E-state index contributed by atoms with van der Waals surface area (Å²) in [4.78, 5) is 7.79. The molecule has 1 aliphatic rings. The minimum Gasteiger partial charge on any atom is -0.453 e. The minimum absolute atomic E-state index is 0.127. The van der Waals surface area contributed by atoms with Gasteiger partial charge in [-0.3, -0.25) is 4.57 Å². The normalized spacial score (nSPS) is 12.4. The van der Waals surface area contributed by atoms with Gasteiger partial charge in [-0.05, 0) is 53.1 Å². The fourth-order valence-corrected chi connectivity index (χ4v) is 6.13. The smallest absolute Gasteiger partial charge is 0.153 e. The van der Waals surface area contributed by atoms with Crippen molar-refractivity contribution in [2.75, 3.05) is 0 Å². The van der Waals surface area contributed by atoms with Gasteiger partial charge in [0, 0.05) is 20.7 Å². The molecule has 0 unspecified atom stereocenters. The number of imidazole rings is 1. The first-order valence-corrected chi connectivity index (χ1v) is 13.4. The fraction of sp³-hybridized carbons (Fsp3) is 0.121. The van der Waals surface area contributed by atoms with E-state index >= 15 is 0 Å². The van der Waals surface area contributed by atoms with E-state index in [1.54, 1.807) is 0 Å². The summed E-state index contributed by atoms with van der Waals surface area (Å²) < 4.78 is 8.61. The number of benzene rings is 4. The molecule has 3 heterocycles. The van der Waals surface area contributed by atoms with Crippen LogP contribution in [-0.4, -0.2) is 9.55 Å². The fourth-order valence-electron chi connectivity index (χ4n) is 5.12. The molecule has 0 bridgehead atoms. The highest BCUT2D eigenvalue weighted by molar-refractivity contribution is 7.18. The highest BCUT2D eigenvalue weighted by Gasteiger charge is 2.31. The summed E-state index contributed by atoms with van der Waals surface area (Å²) in [5, 5.41) is 0. The number of para-hydroxylation sites is 2. The van der Waals surface area contributed by atoms with Crippen molar-refractivity contribution >= 4 is 22.4 Å². The quantitative estimate of drug-likeness (QED) is 0.242. The van der Waals surface area contributed by atoms with Gasteiger partial charge >= 0.3 is 0 Å². The number of fused-ring (bicyclic) bond motifs is 2. The largest absolute Gasteiger partial charge is 0.453 e. The van der Waals surface area contributed by atoms with Crippen molar-refractivity contribution < 1.29 is 4.74 Å². The van der Waals surface area contributed by atoms with E-state index in [1.165, 1.54) is 20.9 Å². The van der Waals surface area contributed by atoms with E-state index in [0.29, 0.717) is 0 Å². The van der Waals surface area contributed by atoms with Crippen LogP contribution in [0.1, 0.15) is 26.6 Å². The van der Waals surface area contributed by atoms with Gasteiger partial charge in [-0.15, -0.1) is 11.3 Å². The predicted octanol–water partition coefficient (Wildman–Crippen LogP) is 9.49. The highest BCUT2D eigenvalue weighted by atomic mass is 32.1. The van der Waals surface area contributed by atoms with E-state index < -0.39 is 0 Å². The van der Waals surface area contributed by atoms with Crippen LogP contribution in [-0.2, 0) is 5.41 Å². The Balaban J connectivity index is 1.33. The first-order valence-electron chi connectivity index (χ1n) is 12.6. The molecule has 0 N–H and O–H groups in total. The third-order valence-corrected chi connectivity index (χ3v) is 8.09. The molecule has 0 atom stereocenters. The summed E-state index contributed by atoms with van der Waals surface area (Å²) in [6.07, 6.45) is 0. The van der Waals surface area contributed by atoms with Gasteiger partial charge in [-0.1, -0.05) is 87.5 Å². The Hall–Kier alpha value is -4.15. The van der Waals surface area contributed by atoms with E-state index in [1.807, 2.05) is 23.5 Å². The number of hydrogen-bond acceptors (Lipinski definition) is 3. The summed E-state index contributed by atoms with van der Waals surface area (Å²) in [6, 6.07) is 36.3. The molecule has 180 valence electrons. The van der Waals surface area contributed by atoms with E-state index in [2.05, 4.69) is 116 Å². The summed E-state index contributed by atoms with van der Waals surface area (Å²) in [5.41, 5.74) is 7.69. The van der Waals surface area contributed by atoms with Gasteiger partial charge < -0.3 is 4.74 Å². The van der Waals surface area contributed by atoms with Crippen LogP contribution in [0.3, 0.4) is 0 Å². The minimum atomic E-state index is -0.127. The SMILES string of the molecule is CC(C)(C)c1nc2c(-c3ccc(-c4ccc(-c5ccccc5)s4)cc3)ccc3c2n1-c1ccccc1O3. The Morgan fingerprint density at radius 1 is 0.649 bits per heavy atom. The lowest BCUT2D eigenvalue weighted by Crippen LogP contribution is -2.19. The van der Waals surface area contributed by atoms with Crippen LogP contribution in [0.25, 0.3) is 48.7 Å². The van der Waals surface area contributed by atoms with Gasteiger partial charge in [-0.25, -0.2) is 4.98 Å². The number of aromatic nitrogens is 2. The average molecular weight is 499 g/mol. The Morgan fingerprint density at radius 3 is 2.03 bits per heavy atom. The Labute approximate surface area is 220 Å². The maximum atomic E-state index is 6.32. The van der Waals surface area contributed by atoms with Crippen molar-refractivity contribution in [2.45, 2.75) is 26.2 Å². The van der Waals surface area contributed by atoms with Crippen molar-refractivity contribution in [3.63, 3.8) is 0 Å². The van der Waals surface area contributed by atoms with Gasteiger partial charge in [-0.2, -0.15) is 0 Å². The molecule has 0 saturated heterocycles. The molecular formula is C33H26N2OS. The maximum Gasteiger partial charge on any atom is 0.153 e. The molecule has 0 fully saturated rings. The third-order valence-electron chi connectivity index (χ3n) is 6.91. The molecule has 0 saturated carbocycles. The van der Waals surface area contributed by atoms with Gasteiger partial charge in [0.2, 0.25) is 0 Å². The van der Waals surface area contributed by atoms with Crippen LogP contribution >= 0.6 is 11.3 Å². The molecule has 37 heavy (non-hydrogen) atoms. The molecular weight excluding hydrogens is 472 g/mol. The second kappa shape index (κ2) is 8.19. The van der Waals surface area contributed by atoms with Gasteiger partial charge in [0.05, 0.1) is 5.69 Å². The van der Waals surface area contributed by atoms with Crippen molar-refractivity contribution in [2.24, 2.45) is 0 Å². The first-order chi connectivity index (χ1) is 18.0. The lowest BCUT2D eigenvalue weighted by Gasteiger charge is -2.25. The molecule has 0 spiro atoms. The van der Waals surface area contributed by atoms with Gasteiger partial charge in [0.15, 0.2) is 11.5 Å². The number of ether oxygens (including phenoxy) is 1. The molecule has 4 aromatic carbocycles. The number of nitrogens with zero attached hydrogens (tertiary/aromatic N) is 2. The molecule has 1 aliphatic heterocycles. The number of rotatable bonds is 3. The van der Waals surface area contributed by atoms with Crippen LogP contribution in [0.5, 0.6) is 11.5 Å². The molecule has 0 aliphatic carbocycles. The highest BCUT2D eigenvalue weighted by Crippen LogP contribution is 2.46. The summed E-state index contributed by atoms with van der Waals surface area (Å²) in [7, 11) is 0. The second-order valence-electron chi connectivity index (χ2n) is 10.5. The van der Waals surface area contributed by atoms with Crippen LogP contribution in [0.15, 0.2) is 103 Å². The lowest BCUT2D eigenvalue weighted by molar-refractivity contribution is 0.467. The zero-order valence-electron chi connectivity index (χ0n) is 21.0. The van der Waals surface area contributed by atoms with Crippen LogP contribution in [0, 0.1) is 0 Å². The third kappa shape index (κ3) is 3.59. The average Bonchev–Trinajstić information content (AvgIpc) is 3.57. The Morgan fingerprint density at radius 2 is 1.30 bits per heavy atom. The van der Waals surface area contributed by atoms with Crippen molar-refractivity contribution in [1.29, 1.82) is 0 Å². The summed E-state index contributed by atoms with van der Waals surface area (Å²) >= 11 is 1.83. The van der Waals surface area contributed by atoms with E-state index in [-0.39, 0.29) is 5.41 Å². The monoisotopic (exact) mass is 498 g/mol. The van der Waals surface area contributed by atoms with E-state index in [9.17, 15) is 0 Å². The molecule has 6 aromatic rings. The van der Waals surface area contributed by atoms with Crippen LogP contribution < -0.4 is 4.74 Å².